The van der Waals surface area contributed by atoms with Crippen molar-refractivity contribution in [3.05, 3.63) is 35.4 Å². The van der Waals surface area contributed by atoms with Gasteiger partial charge < -0.3 is 9.47 Å². The van der Waals surface area contributed by atoms with Gasteiger partial charge in [0.1, 0.15) is 5.75 Å². The highest BCUT2D eigenvalue weighted by Crippen LogP contribution is 2.39. The van der Waals surface area contributed by atoms with Crippen LogP contribution in [0.3, 0.4) is 0 Å². The molecule has 0 radical (unpaired) electrons. The number of hydrogen-bond acceptors (Lipinski definition) is 3. The second-order valence-corrected chi connectivity index (χ2v) is 4.47. The summed E-state index contributed by atoms with van der Waals surface area (Å²) in [5.41, 5.74) is 3.04. The van der Waals surface area contributed by atoms with Crippen LogP contribution in [0, 0.1) is 5.92 Å². The SMILES string of the molecule is COc1ccc(C2=C3COC[C@@H]3CC2=O)cc1. The Hall–Kier alpha value is -1.61. The van der Waals surface area contributed by atoms with Crippen LogP contribution in [0.15, 0.2) is 29.8 Å². The third-order valence-corrected chi connectivity index (χ3v) is 3.48. The summed E-state index contributed by atoms with van der Waals surface area (Å²) in [5.74, 6) is 1.38. The van der Waals surface area contributed by atoms with E-state index in [1.54, 1.807) is 7.11 Å². The van der Waals surface area contributed by atoms with Gasteiger partial charge >= 0.3 is 0 Å². The zero-order valence-corrected chi connectivity index (χ0v) is 9.73. The molecule has 0 spiro atoms. The molecule has 88 valence electrons. The van der Waals surface area contributed by atoms with E-state index in [1.165, 1.54) is 5.57 Å². The lowest BCUT2D eigenvalue weighted by Crippen LogP contribution is -2.01. The summed E-state index contributed by atoms with van der Waals surface area (Å²) in [6.07, 6.45) is 0.608. The van der Waals surface area contributed by atoms with Crippen LogP contribution in [0.2, 0.25) is 0 Å². The van der Waals surface area contributed by atoms with Gasteiger partial charge in [-0.2, -0.15) is 0 Å². The van der Waals surface area contributed by atoms with Gasteiger partial charge in [0.2, 0.25) is 0 Å². The number of hydrogen-bond donors (Lipinski definition) is 0. The van der Waals surface area contributed by atoms with Crippen molar-refractivity contribution in [2.75, 3.05) is 20.3 Å². The molecule has 0 bridgehead atoms. The first-order valence-corrected chi connectivity index (χ1v) is 5.78. The van der Waals surface area contributed by atoms with Crippen molar-refractivity contribution >= 4 is 11.4 Å². The minimum Gasteiger partial charge on any atom is -0.497 e. The smallest absolute Gasteiger partial charge is 0.164 e. The Morgan fingerprint density at radius 3 is 2.76 bits per heavy atom. The zero-order chi connectivity index (χ0) is 11.8. The van der Waals surface area contributed by atoms with E-state index in [2.05, 4.69) is 0 Å². The van der Waals surface area contributed by atoms with Gasteiger partial charge in [-0.3, -0.25) is 4.79 Å². The first-order chi connectivity index (χ1) is 8.29. The minimum absolute atomic E-state index is 0.249. The number of rotatable bonds is 2. The lowest BCUT2D eigenvalue weighted by molar-refractivity contribution is -0.113. The van der Waals surface area contributed by atoms with Crippen LogP contribution in [-0.2, 0) is 9.53 Å². The van der Waals surface area contributed by atoms with E-state index >= 15 is 0 Å². The summed E-state index contributed by atoms with van der Waals surface area (Å²) >= 11 is 0. The summed E-state index contributed by atoms with van der Waals surface area (Å²) < 4.78 is 10.5. The first kappa shape index (κ1) is 10.5. The van der Waals surface area contributed by atoms with E-state index in [-0.39, 0.29) is 5.78 Å². The number of allylic oxidation sites excluding steroid dienone is 1. The molecule has 1 heterocycles. The van der Waals surface area contributed by atoms with Crippen molar-refractivity contribution in [3.8, 4) is 5.75 Å². The summed E-state index contributed by atoms with van der Waals surface area (Å²) in [4.78, 5) is 12.0. The average Bonchev–Trinajstić information content (AvgIpc) is 2.89. The Morgan fingerprint density at radius 2 is 2.06 bits per heavy atom. The number of Topliss-reactive ketones (excluding diaryl/α,β-unsaturated/α-hetero) is 1. The molecule has 1 aromatic carbocycles. The molecule has 0 amide bonds. The van der Waals surface area contributed by atoms with Crippen molar-refractivity contribution < 1.29 is 14.3 Å². The van der Waals surface area contributed by atoms with Gasteiger partial charge in [0.25, 0.3) is 0 Å². The first-order valence-electron chi connectivity index (χ1n) is 5.78. The predicted octanol–water partition coefficient (Wildman–Crippen LogP) is 2.07. The van der Waals surface area contributed by atoms with E-state index < -0.39 is 0 Å². The zero-order valence-electron chi connectivity index (χ0n) is 9.73. The number of ether oxygens (including phenoxy) is 2. The number of carbonyl (C=O) groups is 1. The molecule has 1 aliphatic carbocycles. The fraction of sp³-hybridized carbons (Fsp3) is 0.357. The molecule has 3 nitrogen and oxygen atoms in total. The third kappa shape index (κ3) is 1.67. The van der Waals surface area contributed by atoms with Crippen LogP contribution in [0.5, 0.6) is 5.75 Å². The molecule has 1 aliphatic heterocycles. The highest BCUT2D eigenvalue weighted by Gasteiger charge is 2.36. The van der Waals surface area contributed by atoms with Gasteiger partial charge in [-0.15, -0.1) is 0 Å². The van der Waals surface area contributed by atoms with Gasteiger partial charge in [-0.05, 0) is 23.3 Å². The van der Waals surface area contributed by atoms with Gasteiger partial charge in [0, 0.05) is 17.9 Å². The highest BCUT2D eigenvalue weighted by atomic mass is 16.5. The third-order valence-electron chi connectivity index (χ3n) is 3.48. The molecule has 17 heavy (non-hydrogen) atoms. The fourth-order valence-electron chi connectivity index (χ4n) is 2.60. The van der Waals surface area contributed by atoms with Gasteiger partial charge in [0.15, 0.2) is 5.78 Å². The molecule has 1 aromatic rings. The van der Waals surface area contributed by atoms with Gasteiger partial charge in [-0.25, -0.2) is 0 Å². The minimum atomic E-state index is 0.249. The summed E-state index contributed by atoms with van der Waals surface area (Å²) in [6, 6.07) is 7.66. The molecule has 2 aliphatic rings. The van der Waals surface area contributed by atoms with Crippen LogP contribution in [0.1, 0.15) is 12.0 Å². The van der Waals surface area contributed by atoms with Crippen molar-refractivity contribution in [1.29, 1.82) is 0 Å². The van der Waals surface area contributed by atoms with Gasteiger partial charge in [-0.1, -0.05) is 12.1 Å². The maximum atomic E-state index is 12.0. The van der Waals surface area contributed by atoms with Crippen molar-refractivity contribution in [3.63, 3.8) is 0 Å². The second kappa shape index (κ2) is 4.00. The predicted molar refractivity (Wildman–Crippen MR) is 63.8 cm³/mol. The van der Waals surface area contributed by atoms with E-state index in [4.69, 9.17) is 9.47 Å². The van der Waals surface area contributed by atoms with Crippen molar-refractivity contribution in [2.45, 2.75) is 6.42 Å². The molecule has 0 N–H and O–H groups in total. The van der Waals surface area contributed by atoms with Crippen molar-refractivity contribution in [1.82, 2.24) is 0 Å². The number of fused-ring (bicyclic) bond motifs is 1. The van der Waals surface area contributed by atoms with Gasteiger partial charge in [0.05, 0.1) is 20.3 Å². The van der Waals surface area contributed by atoms with E-state index in [0.717, 1.165) is 16.9 Å². The number of ketones is 1. The Bertz CT molecular complexity index is 485. The number of benzene rings is 1. The molecule has 1 atom stereocenters. The normalized spacial score (nSPS) is 23.1. The quantitative estimate of drug-likeness (QED) is 0.780. The largest absolute Gasteiger partial charge is 0.497 e. The van der Waals surface area contributed by atoms with Crippen LogP contribution in [0.25, 0.3) is 5.57 Å². The topological polar surface area (TPSA) is 35.5 Å². The Morgan fingerprint density at radius 1 is 1.29 bits per heavy atom. The van der Waals surface area contributed by atoms with Crippen molar-refractivity contribution in [2.24, 2.45) is 5.92 Å². The molecule has 3 rings (SSSR count). The van der Waals surface area contributed by atoms with Crippen LogP contribution in [-0.4, -0.2) is 26.1 Å². The number of carbonyl (C=O) groups excluding carboxylic acids is 1. The average molecular weight is 230 g/mol. The summed E-state index contributed by atoms with van der Waals surface area (Å²) in [5, 5.41) is 0. The van der Waals surface area contributed by atoms with Crippen LogP contribution < -0.4 is 4.74 Å². The molecular formula is C14H14O3. The molecule has 0 unspecified atom stereocenters. The molecule has 0 aromatic heterocycles. The Kier molecular flexibility index (Phi) is 2.48. The molecule has 0 saturated carbocycles. The Labute approximate surface area is 100 Å². The lowest BCUT2D eigenvalue weighted by atomic mass is 10.0. The standard InChI is InChI=1S/C14H14O3/c1-16-11-4-2-9(3-5-11)14-12-8-17-7-10(12)6-13(14)15/h2-5,10H,6-8H2,1H3/t10-/m0/s1. The van der Waals surface area contributed by atoms with Crippen LogP contribution >= 0.6 is 0 Å². The summed E-state index contributed by atoms with van der Waals surface area (Å²) in [7, 11) is 1.64. The fourth-order valence-corrected chi connectivity index (χ4v) is 2.60. The molecular weight excluding hydrogens is 216 g/mol. The molecule has 3 heteroatoms. The molecule has 1 fully saturated rings. The number of methoxy groups -OCH3 is 1. The maximum Gasteiger partial charge on any atom is 0.164 e. The second-order valence-electron chi connectivity index (χ2n) is 4.47. The van der Waals surface area contributed by atoms with E-state index in [1.807, 2.05) is 24.3 Å². The van der Waals surface area contributed by atoms with E-state index in [0.29, 0.717) is 25.6 Å². The monoisotopic (exact) mass is 230 g/mol. The van der Waals surface area contributed by atoms with Crippen LogP contribution in [0.4, 0.5) is 0 Å². The lowest BCUT2D eigenvalue weighted by Gasteiger charge is -2.05. The maximum absolute atomic E-state index is 12.0. The summed E-state index contributed by atoms with van der Waals surface area (Å²) in [6.45, 7) is 1.30. The molecule has 1 saturated heterocycles. The van der Waals surface area contributed by atoms with E-state index in [9.17, 15) is 4.79 Å². The highest BCUT2D eigenvalue weighted by molar-refractivity contribution is 6.24. The Balaban J connectivity index is 2.02.